The summed E-state index contributed by atoms with van der Waals surface area (Å²) in [6.45, 7) is 8.79. The number of aromatic nitrogens is 1. The Bertz CT molecular complexity index is 724. The Morgan fingerprint density at radius 3 is 2.48 bits per heavy atom. The zero-order valence-corrected chi connectivity index (χ0v) is 17.1. The zero-order valence-electron chi connectivity index (χ0n) is 17.1. The standard InChI is InChI=1S/C23H32N2O2/c1-5-6-11-25(16-17(2)3)19-12-21(26-4)14-22(13-19)27-20-9-10-23(24-15-20)18-7-8-18/h9-10,12-15,17-18H,5-8,11,16H2,1-4H3. The van der Waals surface area contributed by atoms with Gasteiger partial charge in [0.25, 0.3) is 0 Å². The highest BCUT2D eigenvalue weighted by atomic mass is 16.5. The molecule has 4 heteroatoms. The summed E-state index contributed by atoms with van der Waals surface area (Å²) in [5.74, 6) is 3.62. The van der Waals surface area contributed by atoms with Crippen molar-refractivity contribution in [1.82, 2.24) is 4.98 Å². The van der Waals surface area contributed by atoms with Crippen LogP contribution >= 0.6 is 0 Å². The van der Waals surface area contributed by atoms with E-state index in [2.05, 4.69) is 48.9 Å². The first kappa shape index (κ1) is 19.5. The van der Waals surface area contributed by atoms with E-state index >= 15 is 0 Å². The highest BCUT2D eigenvalue weighted by molar-refractivity contribution is 5.56. The van der Waals surface area contributed by atoms with Gasteiger partial charge in [0.1, 0.15) is 17.2 Å². The second kappa shape index (κ2) is 9.12. The first-order valence-electron chi connectivity index (χ1n) is 10.2. The van der Waals surface area contributed by atoms with Gasteiger partial charge in [0.2, 0.25) is 0 Å². The van der Waals surface area contributed by atoms with Crippen molar-refractivity contribution in [3.05, 3.63) is 42.2 Å². The molecule has 146 valence electrons. The van der Waals surface area contributed by atoms with E-state index in [-0.39, 0.29) is 0 Å². The minimum Gasteiger partial charge on any atom is -0.497 e. The van der Waals surface area contributed by atoms with Crippen molar-refractivity contribution in [1.29, 1.82) is 0 Å². The largest absolute Gasteiger partial charge is 0.497 e. The number of hydrogen-bond acceptors (Lipinski definition) is 4. The molecule has 27 heavy (non-hydrogen) atoms. The molecule has 1 fully saturated rings. The summed E-state index contributed by atoms with van der Waals surface area (Å²) < 4.78 is 11.6. The smallest absolute Gasteiger partial charge is 0.145 e. The quantitative estimate of drug-likeness (QED) is 0.513. The third-order valence-corrected chi connectivity index (χ3v) is 4.82. The lowest BCUT2D eigenvalue weighted by Crippen LogP contribution is -2.28. The second-order valence-corrected chi connectivity index (χ2v) is 7.86. The average molecular weight is 369 g/mol. The average Bonchev–Trinajstić information content (AvgIpc) is 3.50. The number of hydrogen-bond donors (Lipinski definition) is 0. The van der Waals surface area contributed by atoms with Gasteiger partial charge < -0.3 is 14.4 Å². The third-order valence-electron chi connectivity index (χ3n) is 4.82. The van der Waals surface area contributed by atoms with Crippen molar-refractivity contribution >= 4 is 5.69 Å². The van der Waals surface area contributed by atoms with E-state index in [0.717, 1.165) is 36.0 Å². The van der Waals surface area contributed by atoms with Gasteiger partial charge in [-0.3, -0.25) is 4.98 Å². The minimum atomic E-state index is 0.594. The molecular weight excluding hydrogens is 336 g/mol. The molecule has 4 nitrogen and oxygen atoms in total. The molecule has 0 spiro atoms. The van der Waals surface area contributed by atoms with E-state index in [4.69, 9.17) is 9.47 Å². The molecule has 0 radical (unpaired) electrons. The Morgan fingerprint density at radius 2 is 1.89 bits per heavy atom. The van der Waals surface area contributed by atoms with Crippen LogP contribution < -0.4 is 14.4 Å². The predicted octanol–water partition coefficient (Wildman–Crippen LogP) is 6.02. The van der Waals surface area contributed by atoms with Crippen molar-refractivity contribution in [3.63, 3.8) is 0 Å². The fraction of sp³-hybridized carbons (Fsp3) is 0.522. The van der Waals surface area contributed by atoms with Crippen LogP contribution in [0.4, 0.5) is 5.69 Å². The molecule has 1 aromatic carbocycles. The lowest BCUT2D eigenvalue weighted by atomic mass is 10.1. The van der Waals surface area contributed by atoms with Crippen LogP contribution in [-0.4, -0.2) is 25.2 Å². The number of pyridine rings is 1. The molecule has 0 bridgehead atoms. The van der Waals surface area contributed by atoms with Crippen LogP contribution in [0.25, 0.3) is 0 Å². The monoisotopic (exact) mass is 368 g/mol. The van der Waals surface area contributed by atoms with E-state index in [1.54, 1.807) is 7.11 Å². The van der Waals surface area contributed by atoms with Crippen LogP contribution in [0.2, 0.25) is 0 Å². The number of benzene rings is 1. The highest BCUT2D eigenvalue weighted by Gasteiger charge is 2.24. The maximum Gasteiger partial charge on any atom is 0.145 e. The third kappa shape index (κ3) is 5.62. The first-order valence-corrected chi connectivity index (χ1v) is 10.2. The number of methoxy groups -OCH3 is 1. The second-order valence-electron chi connectivity index (χ2n) is 7.86. The fourth-order valence-corrected chi connectivity index (χ4v) is 3.24. The molecular formula is C23H32N2O2. The van der Waals surface area contributed by atoms with Gasteiger partial charge in [-0.1, -0.05) is 27.2 Å². The first-order chi connectivity index (χ1) is 13.1. The summed E-state index contributed by atoms with van der Waals surface area (Å²) in [6.07, 6.45) is 6.70. The molecule has 0 unspecified atom stereocenters. The van der Waals surface area contributed by atoms with Crippen LogP contribution in [-0.2, 0) is 0 Å². The molecule has 0 atom stereocenters. The van der Waals surface area contributed by atoms with Crippen LogP contribution in [0.1, 0.15) is 58.1 Å². The highest BCUT2D eigenvalue weighted by Crippen LogP contribution is 2.39. The molecule has 1 aliphatic carbocycles. The number of unbranched alkanes of at least 4 members (excludes halogenated alkanes) is 1. The van der Waals surface area contributed by atoms with Crippen LogP contribution in [0.3, 0.4) is 0 Å². The fourth-order valence-electron chi connectivity index (χ4n) is 3.24. The molecule has 0 N–H and O–H groups in total. The van der Waals surface area contributed by atoms with Crippen molar-refractivity contribution < 1.29 is 9.47 Å². The topological polar surface area (TPSA) is 34.6 Å². The molecule has 3 rings (SSSR count). The summed E-state index contributed by atoms with van der Waals surface area (Å²) in [6, 6.07) is 10.2. The minimum absolute atomic E-state index is 0.594. The van der Waals surface area contributed by atoms with Crippen LogP contribution in [0.5, 0.6) is 17.2 Å². The molecule has 1 aliphatic rings. The van der Waals surface area contributed by atoms with Crippen molar-refractivity contribution in [2.75, 3.05) is 25.1 Å². The molecule has 0 amide bonds. The van der Waals surface area contributed by atoms with Gasteiger partial charge in [0.05, 0.1) is 13.3 Å². The van der Waals surface area contributed by atoms with E-state index in [1.165, 1.54) is 31.4 Å². The summed E-state index contributed by atoms with van der Waals surface area (Å²) in [4.78, 5) is 6.98. The van der Waals surface area contributed by atoms with E-state index < -0.39 is 0 Å². The van der Waals surface area contributed by atoms with Gasteiger partial charge in [-0.15, -0.1) is 0 Å². The van der Waals surface area contributed by atoms with Gasteiger partial charge in [-0.25, -0.2) is 0 Å². The summed E-state index contributed by atoms with van der Waals surface area (Å²) in [5, 5.41) is 0. The van der Waals surface area contributed by atoms with Gasteiger partial charge >= 0.3 is 0 Å². The number of anilines is 1. The molecule has 1 heterocycles. The Hall–Kier alpha value is -2.23. The van der Waals surface area contributed by atoms with E-state index in [9.17, 15) is 0 Å². The summed E-state index contributed by atoms with van der Waals surface area (Å²) in [5.41, 5.74) is 2.32. The molecule has 0 saturated heterocycles. The zero-order chi connectivity index (χ0) is 19.2. The molecule has 0 aliphatic heterocycles. The summed E-state index contributed by atoms with van der Waals surface area (Å²) in [7, 11) is 1.70. The Morgan fingerprint density at radius 1 is 1.11 bits per heavy atom. The lowest BCUT2D eigenvalue weighted by Gasteiger charge is -2.27. The maximum absolute atomic E-state index is 6.11. The lowest BCUT2D eigenvalue weighted by molar-refractivity contribution is 0.408. The van der Waals surface area contributed by atoms with Gasteiger partial charge in [-0.2, -0.15) is 0 Å². The SMILES string of the molecule is CCCCN(CC(C)C)c1cc(OC)cc(Oc2ccc(C3CC3)nc2)c1. The predicted molar refractivity (Wildman–Crippen MR) is 111 cm³/mol. The van der Waals surface area contributed by atoms with Crippen molar-refractivity contribution in [2.45, 2.75) is 52.4 Å². The number of ether oxygens (including phenoxy) is 2. The number of rotatable bonds is 10. The van der Waals surface area contributed by atoms with E-state index in [0.29, 0.717) is 11.8 Å². The normalized spacial score (nSPS) is 13.7. The van der Waals surface area contributed by atoms with Gasteiger partial charge in [-0.05, 0) is 37.3 Å². The van der Waals surface area contributed by atoms with E-state index in [1.807, 2.05) is 18.3 Å². The van der Waals surface area contributed by atoms with Gasteiger partial charge in [0, 0.05) is 48.6 Å². The molecule has 1 saturated carbocycles. The molecule has 1 aromatic heterocycles. The number of nitrogens with zero attached hydrogens (tertiary/aromatic N) is 2. The molecule has 2 aromatic rings. The Labute approximate surface area is 163 Å². The Balaban J connectivity index is 1.80. The van der Waals surface area contributed by atoms with Crippen LogP contribution in [0, 0.1) is 5.92 Å². The van der Waals surface area contributed by atoms with Gasteiger partial charge in [0.15, 0.2) is 0 Å². The maximum atomic E-state index is 6.11. The van der Waals surface area contributed by atoms with Crippen molar-refractivity contribution in [2.24, 2.45) is 5.92 Å². The Kier molecular flexibility index (Phi) is 6.59. The van der Waals surface area contributed by atoms with Crippen molar-refractivity contribution in [3.8, 4) is 17.2 Å². The van der Waals surface area contributed by atoms with Crippen LogP contribution in [0.15, 0.2) is 36.5 Å². The summed E-state index contributed by atoms with van der Waals surface area (Å²) >= 11 is 0.